The first kappa shape index (κ1) is 10.9. The van der Waals surface area contributed by atoms with Crippen molar-refractivity contribution in [3.63, 3.8) is 0 Å². The van der Waals surface area contributed by atoms with Crippen molar-refractivity contribution in [2.45, 2.75) is 20.4 Å². The smallest absolute Gasteiger partial charge is 0.167 e. The third-order valence-electron chi connectivity index (χ3n) is 2.45. The van der Waals surface area contributed by atoms with Gasteiger partial charge in [0.2, 0.25) is 0 Å². The van der Waals surface area contributed by atoms with Gasteiger partial charge in [0.15, 0.2) is 5.76 Å². The second-order valence-electron chi connectivity index (χ2n) is 3.83. The molecule has 0 aliphatic carbocycles. The Bertz CT molecular complexity index is 445. The molecule has 0 spiro atoms. The van der Waals surface area contributed by atoms with E-state index in [9.17, 15) is 0 Å². The van der Waals surface area contributed by atoms with Gasteiger partial charge in [-0.05, 0) is 13.5 Å². The van der Waals surface area contributed by atoms with Crippen LogP contribution in [0, 0.1) is 6.92 Å². The Labute approximate surface area is 95.5 Å². The van der Waals surface area contributed by atoms with Gasteiger partial charge in [-0.1, -0.05) is 41.9 Å². The van der Waals surface area contributed by atoms with Gasteiger partial charge < -0.3 is 9.84 Å². The summed E-state index contributed by atoms with van der Waals surface area (Å²) in [5.41, 5.74) is 3.26. The summed E-state index contributed by atoms with van der Waals surface area (Å²) in [7, 11) is 0. The first-order chi connectivity index (χ1) is 7.79. The molecule has 3 nitrogen and oxygen atoms in total. The fourth-order valence-corrected chi connectivity index (χ4v) is 1.50. The lowest BCUT2D eigenvalue weighted by atomic mass is 10.1. The van der Waals surface area contributed by atoms with Crippen LogP contribution in [0.3, 0.4) is 0 Å². The standard InChI is InChI=1S/C13H16N2O/c1-3-14-9-12-8-13(16-15-12)11-6-4-10(2)5-7-11/h4-8,14H,3,9H2,1-2H3. The topological polar surface area (TPSA) is 38.1 Å². The lowest BCUT2D eigenvalue weighted by Gasteiger charge is -1.95. The molecule has 1 aromatic carbocycles. The van der Waals surface area contributed by atoms with E-state index >= 15 is 0 Å². The van der Waals surface area contributed by atoms with Crippen molar-refractivity contribution in [1.29, 1.82) is 0 Å². The molecule has 0 saturated carbocycles. The van der Waals surface area contributed by atoms with E-state index in [1.54, 1.807) is 0 Å². The van der Waals surface area contributed by atoms with E-state index in [0.717, 1.165) is 30.1 Å². The second kappa shape index (κ2) is 4.94. The minimum atomic E-state index is 0.756. The molecule has 0 amide bonds. The lowest BCUT2D eigenvalue weighted by molar-refractivity contribution is 0.420. The largest absolute Gasteiger partial charge is 0.356 e. The Morgan fingerprint density at radius 3 is 2.69 bits per heavy atom. The molecule has 3 heteroatoms. The quantitative estimate of drug-likeness (QED) is 0.854. The van der Waals surface area contributed by atoms with Crippen molar-refractivity contribution in [3.05, 3.63) is 41.6 Å². The molecule has 0 saturated heterocycles. The summed E-state index contributed by atoms with van der Waals surface area (Å²) in [5, 5.41) is 7.23. The molecule has 0 bridgehead atoms. The van der Waals surface area contributed by atoms with Crippen LogP contribution in [0.1, 0.15) is 18.2 Å². The third-order valence-corrected chi connectivity index (χ3v) is 2.45. The van der Waals surface area contributed by atoms with Crippen LogP contribution in [0.4, 0.5) is 0 Å². The number of nitrogens with one attached hydrogen (secondary N) is 1. The van der Waals surface area contributed by atoms with Crippen LogP contribution in [-0.2, 0) is 6.54 Å². The Balaban J connectivity index is 2.15. The highest BCUT2D eigenvalue weighted by atomic mass is 16.5. The van der Waals surface area contributed by atoms with Crippen molar-refractivity contribution in [2.75, 3.05) is 6.54 Å². The van der Waals surface area contributed by atoms with Crippen molar-refractivity contribution < 1.29 is 4.52 Å². The first-order valence-electron chi connectivity index (χ1n) is 5.53. The number of hydrogen-bond donors (Lipinski definition) is 1. The fraction of sp³-hybridized carbons (Fsp3) is 0.308. The van der Waals surface area contributed by atoms with Gasteiger partial charge in [-0.2, -0.15) is 0 Å². The zero-order valence-corrected chi connectivity index (χ0v) is 9.66. The molecule has 1 N–H and O–H groups in total. The highest BCUT2D eigenvalue weighted by molar-refractivity contribution is 5.57. The predicted molar refractivity (Wildman–Crippen MR) is 64.1 cm³/mol. The van der Waals surface area contributed by atoms with Gasteiger partial charge in [0.25, 0.3) is 0 Å². The Kier molecular flexibility index (Phi) is 3.37. The molecule has 0 aliphatic heterocycles. The summed E-state index contributed by atoms with van der Waals surface area (Å²) in [6.45, 7) is 5.83. The lowest BCUT2D eigenvalue weighted by Crippen LogP contribution is -2.11. The van der Waals surface area contributed by atoms with Crippen LogP contribution >= 0.6 is 0 Å². The normalized spacial score (nSPS) is 10.6. The van der Waals surface area contributed by atoms with Crippen LogP contribution in [0.5, 0.6) is 0 Å². The van der Waals surface area contributed by atoms with Crippen LogP contribution in [-0.4, -0.2) is 11.7 Å². The maximum atomic E-state index is 5.30. The van der Waals surface area contributed by atoms with Crippen molar-refractivity contribution in [1.82, 2.24) is 10.5 Å². The third kappa shape index (κ3) is 2.49. The monoisotopic (exact) mass is 216 g/mol. The summed E-state index contributed by atoms with van der Waals surface area (Å²) >= 11 is 0. The summed E-state index contributed by atoms with van der Waals surface area (Å²) in [6, 6.07) is 10.2. The van der Waals surface area contributed by atoms with Gasteiger partial charge >= 0.3 is 0 Å². The molecule has 0 unspecified atom stereocenters. The van der Waals surface area contributed by atoms with E-state index in [1.165, 1.54) is 5.56 Å². The molecular weight excluding hydrogens is 200 g/mol. The van der Waals surface area contributed by atoms with Crippen molar-refractivity contribution >= 4 is 0 Å². The Morgan fingerprint density at radius 2 is 2.00 bits per heavy atom. The van der Waals surface area contributed by atoms with Gasteiger partial charge in [-0.3, -0.25) is 0 Å². The molecule has 84 valence electrons. The molecule has 1 aromatic heterocycles. The molecule has 2 aromatic rings. The minimum Gasteiger partial charge on any atom is -0.356 e. The molecule has 0 aliphatic rings. The van der Waals surface area contributed by atoms with Crippen LogP contribution < -0.4 is 5.32 Å². The van der Waals surface area contributed by atoms with Crippen molar-refractivity contribution in [2.24, 2.45) is 0 Å². The van der Waals surface area contributed by atoms with Gasteiger partial charge in [-0.15, -0.1) is 0 Å². The molecular formula is C13H16N2O. The summed E-state index contributed by atoms with van der Waals surface area (Å²) in [5.74, 6) is 0.827. The summed E-state index contributed by atoms with van der Waals surface area (Å²) in [4.78, 5) is 0. The van der Waals surface area contributed by atoms with Crippen LogP contribution in [0.2, 0.25) is 0 Å². The second-order valence-corrected chi connectivity index (χ2v) is 3.83. The highest BCUT2D eigenvalue weighted by Gasteiger charge is 2.05. The van der Waals surface area contributed by atoms with E-state index in [0.29, 0.717) is 0 Å². The van der Waals surface area contributed by atoms with Gasteiger partial charge in [0.1, 0.15) is 0 Å². The number of benzene rings is 1. The van der Waals surface area contributed by atoms with E-state index in [-0.39, 0.29) is 0 Å². The maximum absolute atomic E-state index is 5.30. The Morgan fingerprint density at radius 1 is 1.25 bits per heavy atom. The number of nitrogens with zero attached hydrogens (tertiary/aromatic N) is 1. The van der Waals surface area contributed by atoms with Gasteiger partial charge in [0, 0.05) is 18.2 Å². The first-order valence-corrected chi connectivity index (χ1v) is 5.53. The number of aryl methyl sites for hydroxylation is 1. The fourth-order valence-electron chi connectivity index (χ4n) is 1.50. The Hall–Kier alpha value is -1.61. The number of aromatic nitrogens is 1. The van der Waals surface area contributed by atoms with Crippen LogP contribution in [0.15, 0.2) is 34.9 Å². The van der Waals surface area contributed by atoms with Crippen LogP contribution in [0.25, 0.3) is 11.3 Å². The van der Waals surface area contributed by atoms with E-state index in [4.69, 9.17) is 4.52 Å². The van der Waals surface area contributed by atoms with E-state index in [1.807, 2.05) is 18.2 Å². The number of rotatable bonds is 4. The summed E-state index contributed by atoms with van der Waals surface area (Å²) < 4.78 is 5.30. The highest BCUT2D eigenvalue weighted by Crippen LogP contribution is 2.20. The molecule has 16 heavy (non-hydrogen) atoms. The average Bonchev–Trinajstić information content (AvgIpc) is 2.76. The van der Waals surface area contributed by atoms with E-state index in [2.05, 4.69) is 36.5 Å². The molecule has 2 rings (SSSR count). The average molecular weight is 216 g/mol. The molecule has 0 radical (unpaired) electrons. The maximum Gasteiger partial charge on any atom is 0.167 e. The molecule has 1 heterocycles. The van der Waals surface area contributed by atoms with Gasteiger partial charge in [-0.25, -0.2) is 0 Å². The SMILES string of the molecule is CCNCc1cc(-c2ccc(C)cc2)on1. The zero-order valence-electron chi connectivity index (χ0n) is 9.66. The molecule has 0 atom stereocenters. The number of hydrogen-bond acceptors (Lipinski definition) is 3. The zero-order chi connectivity index (χ0) is 11.4. The molecule has 0 fully saturated rings. The van der Waals surface area contributed by atoms with Gasteiger partial charge in [0.05, 0.1) is 5.69 Å². The predicted octanol–water partition coefficient (Wildman–Crippen LogP) is 2.76. The van der Waals surface area contributed by atoms with E-state index < -0.39 is 0 Å². The van der Waals surface area contributed by atoms with Crippen molar-refractivity contribution in [3.8, 4) is 11.3 Å². The summed E-state index contributed by atoms with van der Waals surface area (Å²) in [6.07, 6.45) is 0. The minimum absolute atomic E-state index is 0.756.